The number of halogens is 2. The number of methoxy groups -OCH3 is 1. The van der Waals surface area contributed by atoms with Crippen LogP contribution in [-0.4, -0.2) is 24.1 Å². The number of benzene rings is 1. The molecule has 0 unspecified atom stereocenters. The Kier molecular flexibility index (Phi) is 4.86. The van der Waals surface area contributed by atoms with Crippen LogP contribution in [0.1, 0.15) is 5.82 Å². The largest absolute Gasteiger partial charge is 0.439 e. The highest BCUT2D eigenvalue weighted by Crippen LogP contribution is 2.26. The Hall–Kier alpha value is -1.73. The van der Waals surface area contributed by atoms with E-state index in [2.05, 4.69) is 31.2 Å². The lowest BCUT2D eigenvalue weighted by Gasteiger charge is -2.09. The van der Waals surface area contributed by atoms with Gasteiger partial charge >= 0.3 is 0 Å². The van der Waals surface area contributed by atoms with Crippen molar-refractivity contribution in [2.24, 2.45) is 0 Å². The van der Waals surface area contributed by atoms with E-state index in [0.717, 1.165) is 0 Å². The lowest BCUT2D eigenvalue weighted by atomic mass is 10.3. The lowest BCUT2D eigenvalue weighted by molar-refractivity contribution is 0.177. The Morgan fingerprint density at radius 3 is 2.70 bits per heavy atom. The van der Waals surface area contributed by atoms with Crippen molar-refractivity contribution in [2.75, 3.05) is 19.5 Å². The number of ether oxygens (including phenoxy) is 2. The molecule has 0 fully saturated rings. The van der Waals surface area contributed by atoms with E-state index in [-0.39, 0.29) is 6.61 Å². The second kappa shape index (κ2) is 6.62. The average molecular weight is 342 g/mol. The molecule has 1 aromatic heterocycles. The van der Waals surface area contributed by atoms with E-state index in [4.69, 9.17) is 9.47 Å². The quantitative estimate of drug-likeness (QED) is 0.903. The van der Waals surface area contributed by atoms with Gasteiger partial charge in [-0.3, -0.25) is 0 Å². The molecule has 0 aliphatic carbocycles. The topological polar surface area (TPSA) is 56.3 Å². The summed E-state index contributed by atoms with van der Waals surface area (Å²) in [6.07, 6.45) is 0. The molecule has 0 saturated heterocycles. The second-order valence-corrected chi connectivity index (χ2v) is 4.81. The fraction of sp³-hybridized carbons (Fsp3) is 0.231. The molecule has 0 aliphatic heterocycles. The first-order chi connectivity index (χ1) is 9.60. The van der Waals surface area contributed by atoms with Gasteiger partial charge in [0.05, 0.1) is 0 Å². The minimum Gasteiger partial charge on any atom is -0.439 e. The van der Waals surface area contributed by atoms with E-state index < -0.39 is 5.82 Å². The van der Waals surface area contributed by atoms with Crippen LogP contribution >= 0.6 is 15.9 Å². The highest BCUT2D eigenvalue weighted by Gasteiger charge is 2.07. The number of anilines is 1. The Bertz CT molecular complexity index is 590. The van der Waals surface area contributed by atoms with E-state index in [1.54, 1.807) is 26.3 Å². The summed E-state index contributed by atoms with van der Waals surface area (Å²) in [5.41, 5.74) is 0. The summed E-state index contributed by atoms with van der Waals surface area (Å²) in [6, 6.07) is 5.91. The van der Waals surface area contributed by atoms with E-state index in [0.29, 0.717) is 27.7 Å². The van der Waals surface area contributed by atoms with Crippen molar-refractivity contribution in [3.8, 4) is 11.6 Å². The molecule has 0 atom stereocenters. The summed E-state index contributed by atoms with van der Waals surface area (Å²) < 4.78 is 24.4. The first-order valence-electron chi connectivity index (χ1n) is 5.79. The van der Waals surface area contributed by atoms with E-state index >= 15 is 0 Å². The molecular weight excluding hydrogens is 329 g/mol. The standard InChI is InChI=1S/C13H13BrFN3O2/c1-16-11-6-13(18-12(17-11)7-19-2)20-10-4-8(14)3-9(15)5-10/h3-6H,7H2,1-2H3,(H,16,17,18). The van der Waals surface area contributed by atoms with Gasteiger partial charge in [0.2, 0.25) is 5.88 Å². The molecule has 106 valence electrons. The normalized spacial score (nSPS) is 10.4. The molecule has 0 amide bonds. The van der Waals surface area contributed by atoms with E-state index in [1.807, 2.05) is 0 Å². The van der Waals surface area contributed by atoms with Crippen LogP contribution in [0, 0.1) is 5.82 Å². The summed E-state index contributed by atoms with van der Waals surface area (Å²) in [7, 11) is 3.29. The summed E-state index contributed by atoms with van der Waals surface area (Å²) >= 11 is 3.21. The van der Waals surface area contributed by atoms with Crippen molar-refractivity contribution in [2.45, 2.75) is 6.61 Å². The molecule has 7 heteroatoms. The highest BCUT2D eigenvalue weighted by atomic mass is 79.9. The van der Waals surface area contributed by atoms with Crippen LogP contribution in [0.15, 0.2) is 28.7 Å². The Morgan fingerprint density at radius 2 is 2.05 bits per heavy atom. The van der Waals surface area contributed by atoms with Crippen molar-refractivity contribution < 1.29 is 13.9 Å². The molecule has 1 N–H and O–H groups in total. The zero-order valence-electron chi connectivity index (χ0n) is 11.0. The monoisotopic (exact) mass is 341 g/mol. The third-order valence-corrected chi connectivity index (χ3v) is 2.79. The van der Waals surface area contributed by atoms with Crippen molar-refractivity contribution in [1.82, 2.24) is 9.97 Å². The van der Waals surface area contributed by atoms with Crippen LogP contribution in [0.4, 0.5) is 10.2 Å². The van der Waals surface area contributed by atoms with Gasteiger partial charge in [-0.1, -0.05) is 15.9 Å². The summed E-state index contributed by atoms with van der Waals surface area (Å²) in [5, 5.41) is 2.90. The lowest BCUT2D eigenvalue weighted by Crippen LogP contribution is -2.03. The van der Waals surface area contributed by atoms with Gasteiger partial charge in [0.25, 0.3) is 0 Å². The van der Waals surface area contributed by atoms with Crippen LogP contribution in [0.3, 0.4) is 0 Å². The highest BCUT2D eigenvalue weighted by molar-refractivity contribution is 9.10. The van der Waals surface area contributed by atoms with Crippen LogP contribution in [0.5, 0.6) is 11.6 Å². The fourth-order valence-electron chi connectivity index (χ4n) is 1.55. The van der Waals surface area contributed by atoms with Gasteiger partial charge in [0.1, 0.15) is 24.0 Å². The molecule has 0 aliphatic rings. The minimum absolute atomic E-state index is 0.263. The molecule has 0 bridgehead atoms. The molecule has 0 radical (unpaired) electrons. The Morgan fingerprint density at radius 1 is 1.25 bits per heavy atom. The Labute approximate surface area is 124 Å². The molecule has 5 nitrogen and oxygen atoms in total. The SMILES string of the molecule is CNc1cc(Oc2cc(F)cc(Br)c2)nc(COC)n1. The van der Waals surface area contributed by atoms with Crippen LogP contribution in [0.25, 0.3) is 0 Å². The summed E-state index contributed by atoms with van der Waals surface area (Å²) in [5.74, 6) is 1.34. The third-order valence-electron chi connectivity index (χ3n) is 2.34. The predicted octanol–water partition coefficient (Wildman–Crippen LogP) is 3.36. The van der Waals surface area contributed by atoms with E-state index in [9.17, 15) is 4.39 Å². The first-order valence-corrected chi connectivity index (χ1v) is 6.58. The fourth-order valence-corrected chi connectivity index (χ4v) is 2.00. The van der Waals surface area contributed by atoms with Gasteiger partial charge < -0.3 is 14.8 Å². The van der Waals surface area contributed by atoms with Crippen LogP contribution in [0.2, 0.25) is 0 Å². The van der Waals surface area contributed by atoms with Gasteiger partial charge in [-0.2, -0.15) is 4.98 Å². The first kappa shape index (κ1) is 14.7. The second-order valence-electron chi connectivity index (χ2n) is 3.90. The zero-order valence-corrected chi connectivity index (χ0v) is 12.6. The number of hydrogen-bond acceptors (Lipinski definition) is 5. The zero-order chi connectivity index (χ0) is 14.5. The predicted molar refractivity (Wildman–Crippen MR) is 76.5 cm³/mol. The van der Waals surface area contributed by atoms with E-state index in [1.165, 1.54) is 12.1 Å². The van der Waals surface area contributed by atoms with Gasteiger partial charge in [-0.15, -0.1) is 0 Å². The molecule has 0 spiro atoms. The number of nitrogens with one attached hydrogen (secondary N) is 1. The molecular formula is C13H13BrFN3O2. The van der Waals surface area contributed by atoms with Crippen molar-refractivity contribution >= 4 is 21.7 Å². The molecule has 20 heavy (non-hydrogen) atoms. The maximum atomic E-state index is 13.3. The number of rotatable bonds is 5. The van der Waals surface area contributed by atoms with Crippen LogP contribution < -0.4 is 10.1 Å². The van der Waals surface area contributed by atoms with Gasteiger partial charge in [0.15, 0.2) is 5.82 Å². The number of aromatic nitrogens is 2. The molecule has 1 heterocycles. The number of hydrogen-bond donors (Lipinski definition) is 1. The minimum atomic E-state index is -0.394. The van der Waals surface area contributed by atoms with Crippen molar-refractivity contribution in [1.29, 1.82) is 0 Å². The third kappa shape index (κ3) is 3.88. The molecule has 0 saturated carbocycles. The molecule has 2 aromatic rings. The smallest absolute Gasteiger partial charge is 0.224 e. The Balaban J connectivity index is 2.29. The molecule has 1 aromatic carbocycles. The number of nitrogens with zero attached hydrogens (tertiary/aromatic N) is 2. The maximum Gasteiger partial charge on any atom is 0.224 e. The molecule has 2 rings (SSSR count). The maximum absolute atomic E-state index is 13.3. The average Bonchev–Trinajstić information content (AvgIpc) is 2.37. The van der Waals surface area contributed by atoms with Gasteiger partial charge in [-0.05, 0) is 12.1 Å². The van der Waals surface area contributed by atoms with Crippen molar-refractivity contribution in [3.63, 3.8) is 0 Å². The van der Waals surface area contributed by atoms with Gasteiger partial charge in [0, 0.05) is 30.8 Å². The summed E-state index contributed by atoms with van der Waals surface area (Å²) in [4.78, 5) is 8.40. The van der Waals surface area contributed by atoms with Crippen molar-refractivity contribution in [3.05, 3.63) is 40.4 Å². The van der Waals surface area contributed by atoms with Crippen LogP contribution in [-0.2, 0) is 11.3 Å². The summed E-state index contributed by atoms with van der Waals surface area (Å²) in [6.45, 7) is 0.263. The van der Waals surface area contributed by atoms with Gasteiger partial charge in [-0.25, -0.2) is 9.37 Å².